The van der Waals surface area contributed by atoms with Crippen molar-refractivity contribution in [2.45, 2.75) is 0 Å². The summed E-state index contributed by atoms with van der Waals surface area (Å²) >= 11 is 0. The second-order valence-corrected chi connectivity index (χ2v) is 4.07. The van der Waals surface area contributed by atoms with Crippen LogP contribution in [0.25, 0.3) is 17.0 Å². The Labute approximate surface area is 108 Å². The first-order valence-electron chi connectivity index (χ1n) is 5.60. The lowest BCUT2D eigenvalue weighted by atomic mass is 10.1. The standard InChI is InChI=1S/C13H10N4O2/c14-10-5-2-6-17-11(15-16-12(10)17)8-3-1-4-9(7-8)13(18)19/h1-7H,14H2,(H,18,19). The smallest absolute Gasteiger partial charge is 0.335 e. The lowest BCUT2D eigenvalue weighted by Gasteiger charge is -2.02. The minimum Gasteiger partial charge on any atom is -0.478 e. The van der Waals surface area contributed by atoms with E-state index in [4.69, 9.17) is 10.8 Å². The number of nitrogens with zero attached hydrogens (tertiary/aromatic N) is 3. The number of nitrogen functional groups attached to an aromatic ring is 1. The van der Waals surface area contributed by atoms with E-state index in [0.29, 0.717) is 22.7 Å². The summed E-state index contributed by atoms with van der Waals surface area (Å²) in [5, 5.41) is 17.1. The van der Waals surface area contributed by atoms with Crippen LogP contribution in [0.5, 0.6) is 0 Å². The van der Waals surface area contributed by atoms with Crippen LogP contribution in [0.4, 0.5) is 5.69 Å². The van der Waals surface area contributed by atoms with Crippen LogP contribution in [0.15, 0.2) is 42.6 Å². The van der Waals surface area contributed by atoms with Gasteiger partial charge in [-0.15, -0.1) is 10.2 Å². The van der Waals surface area contributed by atoms with Gasteiger partial charge in [-0.25, -0.2) is 4.79 Å². The van der Waals surface area contributed by atoms with E-state index in [-0.39, 0.29) is 5.56 Å². The molecule has 0 amide bonds. The summed E-state index contributed by atoms with van der Waals surface area (Å²) in [5.74, 6) is -0.416. The Morgan fingerprint density at radius 1 is 1.21 bits per heavy atom. The van der Waals surface area contributed by atoms with E-state index >= 15 is 0 Å². The van der Waals surface area contributed by atoms with Gasteiger partial charge >= 0.3 is 5.97 Å². The number of anilines is 1. The topological polar surface area (TPSA) is 93.5 Å². The van der Waals surface area contributed by atoms with Gasteiger partial charge in [-0.3, -0.25) is 4.40 Å². The Morgan fingerprint density at radius 2 is 2.05 bits per heavy atom. The molecule has 0 saturated heterocycles. The first kappa shape index (κ1) is 11.2. The monoisotopic (exact) mass is 254 g/mol. The quantitative estimate of drug-likeness (QED) is 0.725. The molecule has 0 bridgehead atoms. The largest absolute Gasteiger partial charge is 0.478 e. The number of carbonyl (C=O) groups is 1. The number of hydrogen-bond donors (Lipinski definition) is 2. The zero-order valence-electron chi connectivity index (χ0n) is 9.82. The lowest BCUT2D eigenvalue weighted by molar-refractivity contribution is 0.0697. The van der Waals surface area contributed by atoms with Gasteiger partial charge in [-0.05, 0) is 24.3 Å². The van der Waals surface area contributed by atoms with Crippen LogP contribution in [-0.4, -0.2) is 25.7 Å². The Balaban J connectivity index is 2.22. The third-order valence-corrected chi connectivity index (χ3v) is 2.83. The van der Waals surface area contributed by atoms with E-state index in [0.717, 1.165) is 0 Å². The van der Waals surface area contributed by atoms with E-state index in [2.05, 4.69) is 10.2 Å². The molecule has 0 unspecified atom stereocenters. The van der Waals surface area contributed by atoms with Crippen molar-refractivity contribution in [1.29, 1.82) is 0 Å². The summed E-state index contributed by atoms with van der Waals surface area (Å²) in [6.07, 6.45) is 1.79. The molecule has 0 aliphatic rings. The summed E-state index contributed by atoms with van der Waals surface area (Å²) in [7, 11) is 0. The van der Waals surface area contributed by atoms with Crippen LogP contribution < -0.4 is 5.73 Å². The lowest BCUT2D eigenvalue weighted by Crippen LogP contribution is -1.97. The number of rotatable bonds is 2. The fourth-order valence-electron chi connectivity index (χ4n) is 1.92. The average molecular weight is 254 g/mol. The second-order valence-electron chi connectivity index (χ2n) is 4.07. The molecule has 0 radical (unpaired) electrons. The average Bonchev–Trinajstić information content (AvgIpc) is 2.84. The molecule has 3 aromatic rings. The molecule has 1 aromatic carbocycles. The summed E-state index contributed by atoms with van der Waals surface area (Å²) < 4.78 is 1.73. The molecule has 3 rings (SSSR count). The maximum atomic E-state index is 11.0. The first-order valence-corrected chi connectivity index (χ1v) is 5.60. The van der Waals surface area contributed by atoms with Gasteiger partial charge in [0.2, 0.25) is 0 Å². The highest BCUT2D eigenvalue weighted by Crippen LogP contribution is 2.21. The number of hydrogen-bond acceptors (Lipinski definition) is 4. The summed E-state index contributed by atoms with van der Waals surface area (Å²) in [5.41, 5.74) is 7.77. The van der Waals surface area contributed by atoms with Gasteiger partial charge in [0, 0.05) is 11.8 Å². The van der Waals surface area contributed by atoms with Crippen molar-refractivity contribution in [2.24, 2.45) is 0 Å². The molecule has 0 atom stereocenters. The zero-order valence-corrected chi connectivity index (χ0v) is 9.82. The number of aromatic nitrogens is 3. The fraction of sp³-hybridized carbons (Fsp3) is 0. The molecule has 3 N–H and O–H groups in total. The molecule has 0 aliphatic carbocycles. The van der Waals surface area contributed by atoms with Crippen molar-refractivity contribution in [2.75, 3.05) is 5.73 Å². The van der Waals surface area contributed by atoms with Gasteiger partial charge in [-0.1, -0.05) is 12.1 Å². The van der Waals surface area contributed by atoms with Crippen LogP contribution >= 0.6 is 0 Å². The molecular weight excluding hydrogens is 244 g/mol. The van der Waals surface area contributed by atoms with Crippen LogP contribution in [0.1, 0.15) is 10.4 Å². The highest BCUT2D eigenvalue weighted by Gasteiger charge is 2.11. The molecule has 94 valence electrons. The highest BCUT2D eigenvalue weighted by atomic mass is 16.4. The molecule has 2 heterocycles. The van der Waals surface area contributed by atoms with Gasteiger partial charge in [0.1, 0.15) is 0 Å². The van der Waals surface area contributed by atoms with E-state index < -0.39 is 5.97 Å². The number of carboxylic acid groups (broad SMARTS) is 1. The maximum Gasteiger partial charge on any atom is 0.335 e. The van der Waals surface area contributed by atoms with Crippen molar-refractivity contribution in [3.05, 3.63) is 48.2 Å². The molecule has 0 spiro atoms. The van der Waals surface area contributed by atoms with Crippen LogP contribution in [-0.2, 0) is 0 Å². The first-order chi connectivity index (χ1) is 9.16. The number of aromatic carboxylic acids is 1. The van der Waals surface area contributed by atoms with Crippen molar-refractivity contribution in [3.8, 4) is 11.4 Å². The maximum absolute atomic E-state index is 11.0. The molecule has 0 fully saturated rings. The van der Waals surface area contributed by atoms with Crippen molar-refractivity contribution in [3.63, 3.8) is 0 Å². The van der Waals surface area contributed by atoms with E-state index in [1.54, 1.807) is 40.9 Å². The Morgan fingerprint density at radius 3 is 2.84 bits per heavy atom. The van der Waals surface area contributed by atoms with Crippen molar-refractivity contribution >= 4 is 17.3 Å². The highest BCUT2D eigenvalue weighted by molar-refractivity contribution is 5.89. The molecular formula is C13H10N4O2. The second kappa shape index (κ2) is 4.09. The van der Waals surface area contributed by atoms with Crippen LogP contribution in [0, 0.1) is 0 Å². The van der Waals surface area contributed by atoms with E-state index in [1.807, 2.05) is 0 Å². The number of fused-ring (bicyclic) bond motifs is 1. The molecule has 2 aromatic heterocycles. The van der Waals surface area contributed by atoms with Gasteiger partial charge in [-0.2, -0.15) is 0 Å². The van der Waals surface area contributed by atoms with Crippen LogP contribution in [0.3, 0.4) is 0 Å². The molecule has 19 heavy (non-hydrogen) atoms. The number of benzene rings is 1. The minimum atomic E-state index is -0.977. The normalized spacial score (nSPS) is 10.7. The Bertz CT molecular complexity index is 779. The SMILES string of the molecule is Nc1cccn2c(-c3cccc(C(=O)O)c3)nnc12. The van der Waals surface area contributed by atoms with Gasteiger partial charge in [0.05, 0.1) is 11.3 Å². The predicted octanol–water partition coefficient (Wildman–Crippen LogP) is 1.68. The number of nitrogens with two attached hydrogens (primary N) is 1. The minimum absolute atomic E-state index is 0.207. The van der Waals surface area contributed by atoms with Crippen molar-refractivity contribution in [1.82, 2.24) is 14.6 Å². The summed E-state index contributed by atoms with van der Waals surface area (Å²) in [6.45, 7) is 0. The Kier molecular flexibility index (Phi) is 2.42. The van der Waals surface area contributed by atoms with Crippen molar-refractivity contribution < 1.29 is 9.90 Å². The summed E-state index contributed by atoms with van der Waals surface area (Å²) in [6, 6.07) is 10.1. The number of pyridine rings is 1. The van der Waals surface area contributed by atoms with E-state index in [1.165, 1.54) is 6.07 Å². The van der Waals surface area contributed by atoms with Crippen LogP contribution in [0.2, 0.25) is 0 Å². The molecule has 0 aliphatic heterocycles. The van der Waals surface area contributed by atoms with E-state index in [9.17, 15) is 4.79 Å². The third kappa shape index (κ3) is 1.79. The van der Waals surface area contributed by atoms with Gasteiger partial charge in [0.25, 0.3) is 0 Å². The number of carboxylic acids is 1. The fourth-order valence-corrected chi connectivity index (χ4v) is 1.92. The summed E-state index contributed by atoms with van der Waals surface area (Å²) in [4.78, 5) is 11.0. The van der Waals surface area contributed by atoms with Gasteiger partial charge < -0.3 is 10.8 Å². The molecule has 6 nitrogen and oxygen atoms in total. The zero-order chi connectivity index (χ0) is 13.4. The Hall–Kier alpha value is -2.89. The molecule has 0 saturated carbocycles. The van der Waals surface area contributed by atoms with Gasteiger partial charge in [0.15, 0.2) is 11.5 Å². The predicted molar refractivity (Wildman–Crippen MR) is 69.8 cm³/mol. The third-order valence-electron chi connectivity index (χ3n) is 2.83. The molecule has 6 heteroatoms.